The highest BCUT2D eigenvalue weighted by Gasteiger charge is 2.55. The SMILES string of the molecule is CC(C)(C)OC(=O)N[C@@H](CCN(CCCc1cn(C2C[C@H](O)[C@@H](CO)O2)c(=O)nc1N)C[C@H]1O[C@@H](n2cnc3c(N)ncnc32)[C@H](O[Si](C)(C)C(C)(C)C)[C@@H]1O[Si](C)(C)C(C)(C)C)C(C)(C)C. The molecule has 0 aromatic carbocycles. The first kappa shape index (κ1) is 54.4. The lowest BCUT2D eigenvalue weighted by Crippen LogP contribution is -2.55. The number of nitrogens with zero attached hydrogens (tertiary/aromatic N) is 7. The fourth-order valence-corrected chi connectivity index (χ4v) is 10.5. The Bertz CT molecular complexity index is 2210. The molecule has 2 aliphatic heterocycles. The number of aliphatic hydroxyl groups is 2. The molecule has 8 atom stereocenters. The van der Waals surface area contributed by atoms with Crippen molar-refractivity contribution < 1.29 is 38.1 Å². The second-order valence-electron chi connectivity index (χ2n) is 23.5. The Morgan fingerprint density at radius 2 is 1.52 bits per heavy atom. The number of aromatic nitrogens is 6. The van der Waals surface area contributed by atoms with Gasteiger partial charge in [0.1, 0.15) is 53.9 Å². The summed E-state index contributed by atoms with van der Waals surface area (Å²) in [6, 6.07) is -0.258. The second kappa shape index (κ2) is 20.4. The van der Waals surface area contributed by atoms with Crippen molar-refractivity contribution in [2.24, 2.45) is 5.41 Å². The summed E-state index contributed by atoms with van der Waals surface area (Å²) < 4.78 is 37.0. The van der Waals surface area contributed by atoms with Gasteiger partial charge in [-0.3, -0.25) is 9.13 Å². The van der Waals surface area contributed by atoms with E-state index in [9.17, 15) is 19.8 Å². The maximum Gasteiger partial charge on any atom is 0.407 e. The van der Waals surface area contributed by atoms with Crippen LogP contribution in [0.25, 0.3) is 11.2 Å². The number of carbonyl (C=O) groups excluding carboxylic acids is 1. The van der Waals surface area contributed by atoms with Crippen molar-refractivity contribution in [2.45, 2.75) is 200 Å². The van der Waals surface area contributed by atoms with E-state index in [4.69, 9.17) is 34.5 Å². The van der Waals surface area contributed by atoms with Crippen molar-refractivity contribution in [3.8, 4) is 0 Å². The molecule has 2 saturated heterocycles. The smallest absolute Gasteiger partial charge is 0.407 e. The third-order valence-corrected chi connectivity index (χ3v) is 23.0. The lowest BCUT2D eigenvalue weighted by molar-refractivity contribution is -0.0459. The van der Waals surface area contributed by atoms with E-state index >= 15 is 0 Å². The maximum atomic E-state index is 13.2. The normalized spacial score (nSPS) is 23.9. The lowest BCUT2D eigenvalue weighted by atomic mass is 9.84. The first-order chi connectivity index (χ1) is 30.7. The number of ether oxygens (including phenoxy) is 3. The Balaban J connectivity index is 1.55. The molecule has 7 N–H and O–H groups in total. The molecule has 0 saturated carbocycles. The summed E-state index contributed by atoms with van der Waals surface area (Å²) in [5.74, 6) is 0.384. The van der Waals surface area contributed by atoms with Crippen molar-refractivity contribution in [1.29, 1.82) is 0 Å². The van der Waals surface area contributed by atoms with Gasteiger partial charge in [-0.25, -0.2) is 24.5 Å². The van der Waals surface area contributed by atoms with Crippen LogP contribution < -0.4 is 22.5 Å². The fraction of sp³-hybridized carbons (Fsp3) is 0.783. The van der Waals surface area contributed by atoms with Crippen LogP contribution in [0.5, 0.6) is 0 Å². The van der Waals surface area contributed by atoms with Gasteiger partial charge in [0, 0.05) is 37.3 Å². The van der Waals surface area contributed by atoms with Crippen molar-refractivity contribution in [2.75, 3.05) is 37.7 Å². The molecule has 0 bridgehead atoms. The Morgan fingerprint density at radius 3 is 2.09 bits per heavy atom. The van der Waals surface area contributed by atoms with E-state index in [0.717, 1.165) is 0 Å². The summed E-state index contributed by atoms with van der Waals surface area (Å²) >= 11 is 0. The van der Waals surface area contributed by atoms with Gasteiger partial charge in [-0.1, -0.05) is 62.3 Å². The number of nitrogens with two attached hydrogens (primary N) is 2. The number of aliphatic hydroxyl groups excluding tert-OH is 2. The topological polar surface area (TPSA) is 249 Å². The van der Waals surface area contributed by atoms with Crippen LogP contribution in [0, 0.1) is 5.41 Å². The standard InChI is InChI=1S/C46H82N10O9Si2/c1-43(2,3)32(52-42(60)63-44(4,5)6)19-21-54(20-17-18-28-23-55(41(59)53-37(28)47)33-22-29(58)31(25-57)61-33)24-30-35(64-66(13,14)45(7,8)9)36(65-67(15,16)46(10,11)12)40(62-30)56-27-51-34-38(48)49-26-50-39(34)56/h23,26-27,29-33,35-36,40,57-58H,17-22,24-25H2,1-16H3,(H,52,60)(H2,47,53,59)(H2,48,49,50)/t29-,30+,31+,32-,33?,35+,36+,40+/m0/s1. The van der Waals surface area contributed by atoms with Gasteiger partial charge < -0.3 is 55.0 Å². The molecule has 5 rings (SSSR count). The molecule has 3 aromatic heterocycles. The van der Waals surface area contributed by atoms with Crippen LogP contribution in [0.2, 0.25) is 36.3 Å². The fourth-order valence-electron chi connectivity index (χ4n) is 7.93. The Hall–Kier alpha value is -3.55. The number of rotatable bonds is 17. The molecule has 5 heterocycles. The van der Waals surface area contributed by atoms with E-state index in [1.165, 1.54) is 10.9 Å². The molecule has 0 radical (unpaired) electrons. The monoisotopic (exact) mass is 975 g/mol. The summed E-state index contributed by atoms with van der Waals surface area (Å²) in [6.07, 6.45) is 1.30. The van der Waals surface area contributed by atoms with Gasteiger partial charge in [-0.2, -0.15) is 4.98 Å². The summed E-state index contributed by atoms with van der Waals surface area (Å²) in [4.78, 5) is 46.2. The van der Waals surface area contributed by atoms with Crippen molar-refractivity contribution >= 4 is 45.5 Å². The third-order valence-electron chi connectivity index (χ3n) is 14.0. The quantitative estimate of drug-likeness (QED) is 0.0955. The van der Waals surface area contributed by atoms with E-state index in [2.05, 4.69) is 119 Å². The van der Waals surface area contributed by atoms with E-state index < -0.39 is 77.0 Å². The number of amides is 1. The Morgan fingerprint density at radius 1 is 0.896 bits per heavy atom. The van der Waals surface area contributed by atoms with Crippen LogP contribution in [0.3, 0.4) is 0 Å². The molecule has 0 spiro atoms. The number of imidazole rings is 1. The molecule has 21 heteroatoms. The molecule has 378 valence electrons. The summed E-state index contributed by atoms with van der Waals surface area (Å²) in [7, 11) is -4.98. The van der Waals surface area contributed by atoms with Gasteiger partial charge in [0.2, 0.25) is 0 Å². The largest absolute Gasteiger partial charge is 0.444 e. The minimum Gasteiger partial charge on any atom is -0.444 e. The molecule has 2 aliphatic rings. The summed E-state index contributed by atoms with van der Waals surface area (Å²) in [5, 5.41) is 23.0. The minimum absolute atomic E-state index is 0.117. The van der Waals surface area contributed by atoms with Gasteiger partial charge in [0.15, 0.2) is 34.3 Å². The molecule has 3 aromatic rings. The number of nitrogen functional groups attached to an aromatic ring is 2. The van der Waals surface area contributed by atoms with Gasteiger partial charge in [-0.15, -0.1) is 0 Å². The Kier molecular flexibility index (Phi) is 16.6. The van der Waals surface area contributed by atoms with E-state index in [1.54, 1.807) is 12.5 Å². The molecule has 67 heavy (non-hydrogen) atoms. The number of carbonyl (C=O) groups is 1. The van der Waals surface area contributed by atoms with E-state index in [-0.39, 0.29) is 46.2 Å². The zero-order valence-corrected chi connectivity index (χ0v) is 45.0. The van der Waals surface area contributed by atoms with Gasteiger partial charge in [0.05, 0.1) is 19.0 Å². The molecular weight excluding hydrogens is 893 g/mol. The van der Waals surface area contributed by atoms with Crippen LogP contribution >= 0.6 is 0 Å². The number of fused-ring (bicyclic) bond motifs is 1. The first-order valence-corrected chi connectivity index (χ1v) is 29.5. The Labute approximate surface area is 399 Å². The summed E-state index contributed by atoms with van der Waals surface area (Å²) in [6.45, 7) is 35.3. The first-order valence-electron chi connectivity index (χ1n) is 23.7. The highest BCUT2D eigenvalue weighted by Crippen LogP contribution is 2.46. The number of hydrogen-bond acceptors (Lipinski definition) is 16. The predicted octanol–water partition coefficient (Wildman–Crippen LogP) is 6.13. The van der Waals surface area contributed by atoms with Gasteiger partial charge in [0.25, 0.3) is 0 Å². The average molecular weight is 975 g/mol. The van der Waals surface area contributed by atoms with Crippen molar-refractivity contribution in [1.82, 2.24) is 39.3 Å². The molecule has 1 amide bonds. The zero-order chi connectivity index (χ0) is 50.2. The third kappa shape index (κ3) is 13.2. The highest BCUT2D eigenvalue weighted by molar-refractivity contribution is 6.74. The molecule has 0 aliphatic carbocycles. The van der Waals surface area contributed by atoms with Crippen LogP contribution in [0.4, 0.5) is 16.4 Å². The maximum absolute atomic E-state index is 13.2. The van der Waals surface area contributed by atoms with Crippen LogP contribution in [-0.4, -0.2) is 135 Å². The van der Waals surface area contributed by atoms with E-state index in [0.29, 0.717) is 55.6 Å². The van der Waals surface area contributed by atoms with Crippen LogP contribution in [0.15, 0.2) is 23.6 Å². The number of hydrogen-bond donors (Lipinski definition) is 5. The number of aryl methyl sites for hydroxylation is 1. The van der Waals surface area contributed by atoms with Crippen LogP contribution in [0.1, 0.15) is 120 Å². The molecule has 19 nitrogen and oxygen atoms in total. The van der Waals surface area contributed by atoms with E-state index in [1.807, 2.05) is 25.3 Å². The average Bonchev–Trinajstić information content (AvgIpc) is 3.87. The molecular formula is C46H82N10O9Si2. The minimum atomic E-state index is -2.49. The zero-order valence-electron chi connectivity index (χ0n) is 43.0. The number of alkyl carbamates (subject to hydrolysis) is 1. The van der Waals surface area contributed by atoms with Gasteiger partial charge >= 0.3 is 11.8 Å². The van der Waals surface area contributed by atoms with Crippen molar-refractivity contribution in [3.05, 3.63) is 34.9 Å². The predicted molar refractivity (Wildman–Crippen MR) is 264 cm³/mol. The number of anilines is 2. The summed E-state index contributed by atoms with van der Waals surface area (Å²) in [5.41, 5.74) is 12.8. The molecule has 1 unspecified atom stereocenters. The van der Waals surface area contributed by atoms with Gasteiger partial charge in [-0.05, 0) is 88.3 Å². The van der Waals surface area contributed by atoms with Crippen molar-refractivity contribution in [3.63, 3.8) is 0 Å². The van der Waals surface area contributed by atoms with Crippen LogP contribution in [-0.2, 0) is 29.5 Å². The lowest BCUT2D eigenvalue weighted by Gasteiger charge is -2.44. The molecule has 2 fully saturated rings. The number of nitrogens with one attached hydrogen (secondary N) is 1. The highest BCUT2D eigenvalue weighted by atomic mass is 28.4. The second-order valence-corrected chi connectivity index (χ2v) is 33.1.